The molecule has 0 atom stereocenters. The molecule has 25 heavy (non-hydrogen) atoms. The number of morpholine rings is 1. The monoisotopic (exact) mass is 372 g/mol. The fraction of sp³-hybridized carbons (Fsp3) is 0.500. The molecule has 1 aromatic heterocycles. The summed E-state index contributed by atoms with van der Waals surface area (Å²) in [6.07, 6.45) is -4.33. The molecule has 1 aliphatic rings. The van der Waals surface area contributed by atoms with E-state index in [1.165, 1.54) is 23.9 Å². The minimum Gasteiger partial charge on any atom is -0.378 e. The molecule has 0 spiro atoms. The van der Waals surface area contributed by atoms with Crippen LogP contribution in [-0.2, 0) is 23.2 Å². The first-order valence-electron chi connectivity index (χ1n) is 8.04. The highest BCUT2D eigenvalue weighted by Gasteiger charge is 2.30. The van der Waals surface area contributed by atoms with Crippen molar-refractivity contribution in [2.45, 2.75) is 30.6 Å². The van der Waals surface area contributed by atoms with E-state index in [4.69, 9.17) is 4.74 Å². The van der Waals surface area contributed by atoms with Crippen LogP contribution in [0.15, 0.2) is 29.4 Å². The number of ether oxygens (including phenoxy) is 1. The summed E-state index contributed by atoms with van der Waals surface area (Å²) in [4.78, 5) is 2.12. The molecule has 1 fully saturated rings. The molecular formula is C16H19F3N4OS. The van der Waals surface area contributed by atoms with Crippen LogP contribution >= 0.6 is 11.8 Å². The third-order valence-corrected chi connectivity index (χ3v) is 4.97. The molecule has 2 aromatic rings. The molecule has 0 aliphatic carbocycles. The highest BCUT2D eigenvalue weighted by Crippen LogP contribution is 2.31. The third-order valence-electron chi connectivity index (χ3n) is 3.93. The van der Waals surface area contributed by atoms with Crippen LogP contribution in [0.1, 0.15) is 18.1 Å². The Balaban J connectivity index is 1.72. The van der Waals surface area contributed by atoms with E-state index in [1.54, 1.807) is 6.07 Å². The van der Waals surface area contributed by atoms with E-state index in [0.29, 0.717) is 36.2 Å². The van der Waals surface area contributed by atoms with Crippen molar-refractivity contribution >= 4 is 17.7 Å². The van der Waals surface area contributed by atoms with Gasteiger partial charge in [-0.1, -0.05) is 30.0 Å². The Kier molecular flexibility index (Phi) is 5.53. The van der Waals surface area contributed by atoms with Gasteiger partial charge in [0.05, 0.1) is 18.8 Å². The lowest BCUT2D eigenvalue weighted by atomic mass is 10.1. The van der Waals surface area contributed by atoms with Crippen molar-refractivity contribution < 1.29 is 17.9 Å². The lowest BCUT2D eigenvalue weighted by Crippen LogP contribution is -2.38. The second-order valence-corrected chi connectivity index (χ2v) is 6.56. The standard InChI is InChI=1S/C16H19F3N4OS/c1-2-23-14(22-6-8-24-9-7-22)20-21-15(23)25-11-12-4-3-5-13(10-12)16(17,18)19/h3-5,10H,2,6-9,11H2,1H3. The van der Waals surface area contributed by atoms with Crippen LogP contribution in [0, 0.1) is 0 Å². The van der Waals surface area contributed by atoms with E-state index in [9.17, 15) is 13.2 Å². The summed E-state index contributed by atoms with van der Waals surface area (Å²) in [7, 11) is 0. The molecule has 0 saturated carbocycles. The Morgan fingerprint density at radius 3 is 2.64 bits per heavy atom. The zero-order valence-electron chi connectivity index (χ0n) is 13.8. The Bertz CT molecular complexity index is 714. The van der Waals surface area contributed by atoms with Gasteiger partial charge in [-0.3, -0.25) is 4.57 Å². The zero-order valence-corrected chi connectivity index (χ0v) is 14.6. The Morgan fingerprint density at radius 2 is 1.96 bits per heavy atom. The number of hydrogen-bond donors (Lipinski definition) is 0. The van der Waals surface area contributed by atoms with Gasteiger partial charge in [-0.2, -0.15) is 13.2 Å². The number of anilines is 1. The number of benzene rings is 1. The normalized spacial score (nSPS) is 15.6. The lowest BCUT2D eigenvalue weighted by Gasteiger charge is -2.27. The third kappa shape index (κ3) is 4.27. The highest BCUT2D eigenvalue weighted by molar-refractivity contribution is 7.98. The van der Waals surface area contributed by atoms with Crippen molar-refractivity contribution in [1.82, 2.24) is 14.8 Å². The second-order valence-electron chi connectivity index (χ2n) is 5.61. The summed E-state index contributed by atoms with van der Waals surface area (Å²) < 4.78 is 45.8. The van der Waals surface area contributed by atoms with Gasteiger partial charge in [0.1, 0.15) is 0 Å². The van der Waals surface area contributed by atoms with Crippen molar-refractivity contribution in [2.24, 2.45) is 0 Å². The van der Waals surface area contributed by atoms with Crippen LogP contribution < -0.4 is 4.90 Å². The average molecular weight is 372 g/mol. The number of rotatable bonds is 5. The molecule has 1 aromatic carbocycles. The first-order chi connectivity index (χ1) is 12.0. The summed E-state index contributed by atoms with van der Waals surface area (Å²) in [5.41, 5.74) is -0.0186. The van der Waals surface area contributed by atoms with Crippen LogP contribution in [0.4, 0.5) is 19.1 Å². The first-order valence-corrected chi connectivity index (χ1v) is 9.02. The van der Waals surface area contributed by atoms with Crippen molar-refractivity contribution in [3.05, 3.63) is 35.4 Å². The molecule has 0 radical (unpaired) electrons. The van der Waals surface area contributed by atoms with Crippen molar-refractivity contribution in [3.63, 3.8) is 0 Å². The summed E-state index contributed by atoms with van der Waals surface area (Å²) >= 11 is 1.39. The minimum atomic E-state index is -4.33. The highest BCUT2D eigenvalue weighted by atomic mass is 32.2. The van der Waals surface area contributed by atoms with E-state index in [1.807, 2.05) is 11.5 Å². The summed E-state index contributed by atoms with van der Waals surface area (Å²) in [5.74, 6) is 1.20. The molecule has 0 amide bonds. The number of thioether (sulfide) groups is 1. The van der Waals surface area contributed by atoms with E-state index in [-0.39, 0.29) is 0 Å². The van der Waals surface area contributed by atoms with Crippen LogP contribution in [0.5, 0.6) is 0 Å². The number of aromatic nitrogens is 3. The predicted molar refractivity (Wildman–Crippen MR) is 89.7 cm³/mol. The van der Waals surface area contributed by atoms with E-state index in [2.05, 4.69) is 15.1 Å². The van der Waals surface area contributed by atoms with E-state index < -0.39 is 11.7 Å². The number of alkyl halides is 3. The smallest absolute Gasteiger partial charge is 0.378 e. The maximum Gasteiger partial charge on any atom is 0.416 e. The fourth-order valence-corrected chi connectivity index (χ4v) is 3.59. The van der Waals surface area contributed by atoms with Crippen molar-refractivity contribution in [3.8, 4) is 0 Å². The molecule has 2 heterocycles. The fourth-order valence-electron chi connectivity index (χ4n) is 2.65. The summed E-state index contributed by atoms with van der Waals surface area (Å²) in [5, 5.41) is 9.19. The zero-order chi connectivity index (χ0) is 17.9. The first kappa shape index (κ1) is 18.1. The van der Waals surface area contributed by atoms with Gasteiger partial charge in [-0.25, -0.2) is 0 Å². The number of nitrogens with zero attached hydrogens (tertiary/aromatic N) is 4. The van der Waals surface area contributed by atoms with Gasteiger partial charge in [-0.15, -0.1) is 10.2 Å². The molecule has 3 rings (SSSR count). The van der Waals surface area contributed by atoms with Crippen LogP contribution in [0.2, 0.25) is 0 Å². The molecule has 1 saturated heterocycles. The maximum absolute atomic E-state index is 12.8. The summed E-state index contributed by atoms with van der Waals surface area (Å²) in [6, 6.07) is 5.39. The summed E-state index contributed by atoms with van der Waals surface area (Å²) in [6.45, 7) is 5.53. The SMILES string of the molecule is CCn1c(SCc2cccc(C(F)(F)F)c2)nnc1N1CCOCC1. The van der Waals surface area contributed by atoms with Crippen LogP contribution in [0.3, 0.4) is 0 Å². The average Bonchev–Trinajstić information content (AvgIpc) is 3.03. The van der Waals surface area contributed by atoms with Gasteiger partial charge in [0.2, 0.25) is 5.95 Å². The van der Waals surface area contributed by atoms with Crippen molar-refractivity contribution in [2.75, 3.05) is 31.2 Å². The van der Waals surface area contributed by atoms with Gasteiger partial charge >= 0.3 is 6.18 Å². The van der Waals surface area contributed by atoms with Gasteiger partial charge in [-0.05, 0) is 18.6 Å². The van der Waals surface area contributed by atoms with Crippen LogP contribution in [-0.4, -0.2) is 41.1 Å². The molecule has 1 aliphatic heterocycles. The molecule has 5 nitrogen and oxygen atoms in total. The van der Waals surface area contributed by atoms with E-state index >= 15 is 0 Å². The van der Waals surface area contributed by atoms with Crippen molar-refractivity contribution in [1.29, 1.82) is 0 Å². The van der Waals surface area contributed by atoms with Gasteiger partial charge in [0.25, 0.3) is 0 Å². The largest absolute Gasteiger partial charge is 0.416 e. The van der Waals surface area contributed by atoms with Crippen LogP contribution in [0.25, 0.3) is 0 Å². The minimum absolute atomic E-state index is 0.408. The van der Waals surface area contributed by atoms with Gasteiger partial charge in [0, 0.05) is 25.4 Å². The number of halogens is 3. The van der Waals surface area contributed by atoms with E-state index in [0.717, 1.165) is 25.1 Å². The molecule has 0 N–H and O–H groups in total. The topological polar surface area (TPSA) is 43.2 Å². The second kappa shape index (κ2) is 7.65. The quantitative estimate of drug-likeness (QED) is 0.752. The molecule has 0 unspecified atom stereocenters. The predicted octanol–water partition coefficient (Wildman–Crippen LogP) is 3.45. The van der Waals surface area contributed by atoms with Gasteiger partial charge < -0.3 is 9.64 Å². The molecule has 136 valence electrons. The Morgan fingerprint density at radius 1 is 1.20 bits per heavy atom. The Labute approximate surface area is 148 Å². The lowest BCUT2D eigenvalue weighted by molar-refractivity contribution is -0.137. The molecule has 9 heteroatoms. The molecular weight excluding hydrogens is 353 g/mol. The maximum atomic E-state index is 12.8. The van der Waals surface area contributed by atoms with Gasteiger partial charge in [0.15, 0.2) is 5.16 Å². The molecule has 0 bridgehead atoms. The number of hydrogen-bond acceptors (Lipinski definition) is 5. The Hall–Kier alpha value is -1.74.